The van der Waals surface area contributed by atoms with Crippen LogP contribution < -0.4 is 16.8 Å². The topological polar surface area (TPSA) is 99.0 Å². The molecule has 102 valence electrons. The first-order valence-electron chi connectivity index (χ1n) is 6.25. The molecule has 1 rings (SSSR count). The molecule has 18 heavy (non-hydrogen) atoms. The van der Waals surface area contributed by atoms with Crippen molar-refractivity contribution in [3.63, 3.8) is 0 Å². The van der Waals surface area contributed by atoms with Crippen LogP contribution in [-0.2, 0) is 18.3 Å². The van der Waals surface area contributed by atoms with Crippen LogP contribution in [0.2, 0.25) is 0 Å². The summed E-state index contributed by atoms with van der Waals surface area (Å²) in [5, 5.41) is 7.44. The van der Waals surface area contributed by atoms with Gasteiger partial charge in [0.05, 0.1) is 11.4 Å². The molecule has 1 atom stereocenters. The van der Waals surface area contributed by atoms with Crippen LogP contribution in [0.25, 0.3) is 0 Å². The molecule has 0 saturated heterocycles. The minimum absolute atomic E-state index is 0.0893. The normalized spacial score (nSPS) is 12.7. The molecular weight excluding hydrogens is 230 g/mol. The summed E-state index contributed by atoms with van der Waals surface area (Å²) in [6.45, 7) is 5.94. The number of hydrogen-bond acceptors (Lipinski definition) is 4. The molecular formula is C12H23N5O. The summed E-state index contributed by atoms with van der Waals surface area (Å²) in [4.78, 5) is 11.4. The number of anilines is 2. The van der Waals surface area contributed by atoms with E-state index >= 15 is 0 Å². The van der Waals surface area contributed by atoms with Crippen LogP contribution in [0.3, 0.4) is 0 Å². The maximum Gasteiger partial charge on any atom is 0.240 e. The molecule has 1 amide bonds. The van der Waals surface area contributed by atoms with Crippen LogP contribution in [-0.4, -0.2) is 21.7 Å². The van der Waals surface area contributed by atoms with Crippen molar-refractivity contribution < 1.29 is 4.79 Å². The van der Waals surface area contributed by atoms with Crippen molar-refractivity contribution in [2.24, 2.45) is 18.7 Å². The summed E-state index contributed by atoms with van der Waals surface area (Å²) < 4.78 is 1.67. The van der Waals surface area contributed by atoms with Crippen LogP contribution in [0.5, 0.6) is 0 Å². The molecule has 0 radical (unpaired) electrons. The van der Waals surface area contributed by atoms with Gasteiger partial charge in [0.1, 0.15) is 11.9 Å². The summed E-state index contributed by atoms with van der Waals surface area (Å²) in [5.74, 6) is 0.366. The van der Waals surface area contributed by atoms with Crippen molar-refractivity contribution >= 4 is 17.4 Å². The predicted octanol–water partition coefficient (Wildman–Crippen LogP) is 0.877. The van der Waals surface area contributed by atoms with E-state index in [4.69, 9.17) is 11.5 Å². The average Bonchev–Trinajstić information content (AvgIpc) is 2.51. The molecule has 6 nitrogen and oxygen atoms in total. The molecule has 1 unspecified atom stereocenters. The van der Waals surface area contributed by atoms with Gasteiger partial charge in [-0.2, -0.15) is 5.10 Å². The molecule has 0 saturated carbocycles. The molecule has 0 fully saturated rings. The van der Waals surface area contributed by atoms with Gasteiger partial charge < -0.3 is 16.8 Å². The van der Waals surface area contributed by atoms with Crippen LogP contribution in [0.15, 0.2) is 0 Å². The van der Waals surface area contributed by atoms with Crippen molar-refractivity contribution in [2.45, 2.75) is 39.7 Å². The first kappa shape index (κ1) is 14.3. The predicted molar refractivity (Wildman–Crippen MR) is 73.1 cm³/mol. The lowest BCUT2D eigenvalue weighted by atomic mass is 10.0. The molecule has 0 aliphatic heterocycles. The van der Waals surface area contributed by atoms with Crippen molar-refractivity contribution in [3.8, 4) is 0 Å². The fraction of sp³-hybridized carbons (Fsp3) is 0.667. The number of rotatable bonds is 6. The monoisotopic (exact) mass is 253 g/mol. The van der Waals surface area contributed by atoms with E-state index in [1.165, 1.54) is 0 Å². The molecule has 0 spiro atoms. The highest BCUT2D eigenvalue weighted by Gasteiger charge is 2.23. The molecule has 0 aliphatic carbocycles. The summed E-state index contributed by atoms with van der Waals surface area (Å²) in [5.41, 5.74) is 12.9. The van der Waals surface area contributed by atoms with Gasteiger partial charge in [0.15, 0.2) is 0 Å². The zero-order chi connectivity index (χ0) is 13.9. The molecule has 5 N–H and O–H groups in total. The zero-order valence-corrected chi connectivity index (χ0v) is 11.5. The Morgan fingerprint density at radius 2 is 2.11 bits per heavy atom. The Bertz CT molecular complexity index is 424. The molecule has 0 aromatic carbocycles. The Morgan fingerprint density at radius 3 is 2.56 bits per heavy atom. The number of amides is 1. The number of carbonyl (C=O) groups is 1. The Hall–Kier alpha value is -1.72. The SMILES string of the molecule is CCCc1nn(C)c(NC(C(N)=O)C(C)C)c1N. The Balaban J connectivity index is 2.99. The molecule has 0 bridgehead atoms. The van der Waals surface area contributed by atoms with Crippen LogP contribution in [0.4, 0.5) is 11.5 Å². The van der Waals surface area contributed by atoms with Gasteiger partial charge in [0, 0.05) is 7.05 Å². The summed E-state index contributed by atoms with van der Waals surface area (Å²) >= 11 is 0. The van der Waals surface area contributed by atoms with E-state index in [1.54, 1.807) is 11.7 Å². The second-order valence-electron chi connectivity index (χ2n) is 4.85. The average molecular weight is 253 g/mol. The number of nitrogens with zero attached hydrogens (tertiary/aromatic N) is 2. The fourth-order valence-electron chi connectivity index (χ4n) is 1.90. The third-order valence-corrected chi connectivity index (χ3v) is 2.91. The standard InChI is InChI=1S/C12H23N5O/c1-5-6-8-9(13)12(17(4)16-8)15-10(7(2)3)11(14)18/h7,10,15H,5-6,13H2,1-4H3,(H2,14,18). The smallest absolute Gasteiger partial charge is 0.240 e. The van der Waals surface area contributed by atoms with Gasteiger partial charge in [0.25, 0.3) is 0 Å². The lowest BCUT2D eigenvalue weighted by molar-refractivity contribution is -0.119. The third kappa shape index (κ3) is 2.94. The maximum absolute atomic E-state index is 11.4. The highest BCUT2D eigenvalue weighted by molar-refractivity contribution is 5.84. The Morgan fingerprint density at radius 1 is 1.50 bits per heavy atom. The highest BCUT2D eigenvalue weighted by Crippen LogP contribution is 2.24. The van der Waals surface area contributed by atoms with Crippen molar-refractivity contribution in [2.75, 3.05) is 11.1 Å². The Labute approximate surface area is 108 Å². The number of hydrogen-bond donors (Lipinski definition) is 3. The highest BCUT2D eigenvalue weighted by atomic mass is 16.1. The fourth-order valence-corrected chi connectivity index (χ4v) is 1.90. The quantitative estimate of drug-likeness (QED) is 0.700. The molecule has 1 aromatic heterocycles. The molecule has 1 aromatic rings. The molecule has 6 heteroatoms. The van der Waals surface area contributed by atoms with E-state index in [1.807, 2.05) is 13.8 Å². The summed E-state index contributed by atoms with van der Waals surface area (Å²) in [6, 6.07) is -0.447. The van der Waals surface area contributed by atoms with E-state index in [2.05, 4.69) is 17.3 Å². The molecule has 0 aliphatic rings. The zero-order valence-electron chi connectivity index (χ0n) is 11.5. The summed E-state index contributed by atoms with van der Waals surface area (Å²) in [6.07, 6.45) is 1.80. The van der Waals surface area contributed by atoms with Crippen molar-refractivity contribution in [1.29, 1.82) is 0 Å². The first-order chi connectivity index (χ1) is 8.38. The van der Waals surface area contributed by atoms with Crippen LogP contribution >= 0.6 is 0 Å². The minimum atomic E-state index is -0.447. The van der Waals surface area contributed by atoms with Gasteiger partial charge in [-0.05, 0) is 12.3 Å². The number of primary amides is 1. The number of aromatic nitrogens is 2. The van der Waals surface area contributed by atoms with Gasteiger partial charge in [-0.3, -0.25) is 9.48 Å². The van der Waals surface area contributed by atoms with Gasteiger partial charge in [-0.15, -0.1) is 0 Å². The van der Waals surface area contributed by atoms with Crippen LogP contribution in [0, 0.1) is 5.92 Å². The second kappa shape index (κ2) is 5.75. The van der Waals surface area contributed by atoms with E-state index < -0.39 is 6.04 Å². The van der Waals surface area contributed by atoms with E-state index in [-0.39, 0.29) is 11.8 Å². The van der Waals surface area contributed by atoms with Crippen molar-refractivity contribution in [1.82, 2.24) is 9.78 Å². The van der Waals surface area contributed by atoms with Crippen LogP contribution in [0.1, 0.15) is 32.9 Å². The van der Waals surface area contributed by atoms with E-state index in [0.717, 1.165) is 18.5 Å². The van der Waals surface area contributed by atoms with Gasteiger partial charge in [0.2, 0.25) is 5.91 Å². The molecule has 1 heterocycles. The van der Waals surface area contributed by atoms with Gasteiger partial charge in [-0.1, -0.05) is 27.2 Å². The number of nitrogen functional groups attached to an aromatic ring is 1. The van der Waals surface area contributed by atoms with E-state index in [0.29, 0.717) is 11.5 Å². The largest absolute Gasteiger partial charge is 0.394 e. The lowest BCUT2D eigenvalue weighted by Crippen LogP contribution is -2.40. The number of nitrogens with one attached hydrogen (secondary N) is 1. The number of nitrogens with two attached hydrogens (primary N) is 2. The number of aryl methyl sites for hydroxylation is 2. The van der Waals surface area contributed by atoms with Crippen molar-refractivity contribution in [3.05, 3.63) is 5.69 Å². The van der Waals surface area contributed by atoms with Gasteiger partial charge >= 0.3 is 0 Å². The van der Waals surface area contributed by atoms with E-state index in [9.17, 15) is 4.79 Å². The third-order valence-electron chi connectivity index (χ3n) is 2.91. The minimum Gasteiger partial charge on any atom is -0.394 e. The van der Waals surface area contributed by atoms with Gasteiger partial charge in [-0.25, -0.2) is 0 Å². The first-order valence-corrected chi connectivity index (χ1v) is 6.25. The number of carbonyl (C=O) groups excluding carboxylic acids is 1. The second-order valence-corrected chi connectivity index (χ2v) is 4.85. The maximum atomic E-state index is 11.4. The Kier molecular flexibility index (Phi) is 4.58. The summed E-state index contributed by atoms with van der Waals surface area (Å²) in [7, 11) is 1.80. The lowest BCUT2D eigenvalue weighted by Gasteiger charge is -2.20.